The summed E-state index contributed by atoms with van der Waals surface area (Å²) in [5.41, 5.74) is 4.19. The van der Waals surface area contributed by atoms with Gasteiger partial charge in [-0.1, -0.05) is 42.5 Å². The molecule has 1 fully saturated rings. The smallest absolute Gasteiger partial charge is 0.335 e. The number of anilines is 1. The normalized spacial score (nSPS) is 17.8. The van der Waals surface area contributed by atoms with Crippen molar-refractivity contribution in [2.24, 2.45) is 0 Å². The molecule has 2 atom stereocenters. The molecule has 0 spiro atoms. The van der Waals surface area contributed by atoms with Gasteiger partial charge in [0.1, 0.15) is 0 Å². The molecule has 1 heterocycles. The molecule has 1 aliphatic heterocycles. The van der Waals surface area contributed by atoms with Crippen molar-refractivity contribution in [3.05, 3.63) is 101 Å². The molecule has 1 N–H and O–H groups in total. The predicted molar refractivity (Wildman–Crippen MR) is 133 cm³/mol. The van der Waals surface area contributed by atoms with Crippen LogP contribution in [0.25, 0.3) is 0 Å². The Morgan fingerprint density at radius 1 is 0.909 bits per heavy atom. The molecule has 0 saturated carbocycles. The van der Waals surface area contributed by atoms with E-state index in [1.807, 2.05) is 60.7 Å². The predicted octanol–water partition coefficient (Wildman–Crippen LogP) is 6.02. The highest BCUT2D eigenvalue weighted by Gasteiger charge is 2.32. The Bertz CT molecular complexity index is 1100. The van der Waals surface area contributed by atoms with Crippen LogP contribution in [0.2, 0.25) is 0 Å². The van der Waals surface area contributed by atoms with Crippen LogP contribution in [-0.4, -0.2) is 34.8 Å². The van der Waals surface area contributed by atoms with E-state index in [0.717, 1.165) is 54.6 Å². The molecular formula is C28H28ClNO3. The molecule has 0 radical (unpaired) electrons. The number of aryl methyl sites for hydroxylation is 1. The summed E-state index contributed by atoms with van der Waals surface area (Å²) < 4.78 is 0. The lowest BCUT2D eigenvalue weighted by Gasteiger charge is -2.28. The molecule has 170 valence electrons. The number of halogens is 1. The summed E-state index contributed by atoms with van der Waals surface area (Å²) in [6.45, 7) is 0.893. The third-order valence-electron chi connectivity index (χ3n) is 6.33. The minimum Gasteiger partial charge on any atom is -0.478 e. The second-order valence-electron chi connectivity index (χ2n) is 8.60. The average molecular weight is 462 g/mol. The molecule has 3 aromatic carbocycles. The highest BCUT2D eigenvalue weighted by atomic mass is 35.5. The summed E-state index contributed by atoms with van der Waals surface area (Å²) in [4.78, 5) is 26.2. The largest absolute Gasteiger partial charge is 0.478 e. The van der Waals surface area contributed by atoms with Crippen LogP contribution in [0.4, 0.5) is 5.69 Å². The Morgan fingerprint density at radius 2 is 1.64 bits per heavy atom. The monoisotopic (exact) mass is 461 g/mol. The fraction of sp³-hybridized carbons (Fsp3) is 0.286. The number of benzene rings is 3. The quantitative estimate of drug-likeness (QED) is 0.312. The van der Waals surface area contributed by atoms with Crippen LogP contribution in [0.3, 0.4) is 0 Å². The molecule has 33 heavy (non-hydrogen) atoms. The molecule has 1 aliphatic rings. The van der Waals surface area contributed by atoms with Crippen molar-refractivity contribution in [3.63, 3.8) is 0 Å². The van der Waals surface area contributed by atoms with Gasteiger partial charge in [-0.3, -0.25) is 4.79 Å². The first-order valence-corrected chi connectivity index (χ1v) is 11.8. The van der Waals surface area contributed by atoms with Crippen molar-refractivity contribution in [2.45, 2.75) is 43.5 Å². The lowest BCUT2D eigenvalue weighted by atomic mass is 10.0. The SMILES string of the molecule is O=C(O)c1cccc(CCCC2C(Cl)CCN2c2ccc(C(=O)Cc3ccccc3)cc2)c1. The summed E-state index contributed by atoms with van der Waals surface area (Å²) >= 11 is 6.67. The Morgan fingerprint density at radius 3 is 2.36 bits per heavy atom. The zero-order valence-electron chi connectivity index (χ0n) is 18.5. The van der Waals surface area contributed by atoms with Gasteiger partial charge in [-0.15, -0.1) is 11.6 Å². The molecule has 3 aromatic rings. The molecule has 4 rings (SSSR count). The minimum atomic E-state index is -0.898. The van der Waals surface area contributed by atoms with E-state index in [1.54, 1.807) is 18.2 Å². The topological polar surface area (TPSA) is 57.6 Å². The van der Waals surface area contributed by atoms with Gasteiger partial charge in [0.25, 0.3) is 0 Å². The molecule has 0 bridgehead atoms. The number of aromatic carboxylic acids is 1. The van der Waals surface area contributed by atoms with E-state index in [9.17, 15) is 14.7 Å². The number of carbonyl (C=O) groups excluding carboxylic acids is 1. The number of hydrogen-bond acceptors (Lipinski definition) is 3. The number of hydrogen-bond donors (Lipinski definition) is 1. The van der Waals surface area contributed by atoms with Crippen LogP contribution in [0.1, 0.15) is 51.1 Å². The van der Waals surface area contributed by atoms with Gasteiger partial charge in [0.15, 0.2) is 5.78 Å². The van der Waals surface area contributed by atoms with E-state index in [4.69, 9.17) is 11.6 Å². The molecular weight excluding hydrogens is 434 g/mol. The van der Waals surface area contributed by atoms with Gasteiger partial charge in [-0.25, -0.2) is 4.79 Å². The van der Waals surface area contributed by atoms with Gasteiger partial charge in [0, 0.05) is 30.3 Å². The highest BCUT2D eigenvalue weighted by Crippen LogP contribution is 2.32. The molecule has 2 unspecified atom stereocenters. The Kier molecular flexibility index (Phi) is 7.46. The lowest BCUT2D eigenvalue weighted by molar-refractivity contribution is 0.0696. The minimum absolute atomic E-state index is 0.0785. The molecule has 5 heteroatoms. The molecule has 0 aliphatic carbocycles. The van der Waals surface area contributed by atoms with E-state index in [-0.39, 0.29) is 17.2 Å². The number of carbonyl (C=O) groups is 2. The standard InChI is InChI=1S/C28H28ClNO3/c29-25-16-17-30(26(25)11-5-9-20-8-4-10-23(18-20)28(32)33)24-14-12-22(13-15-24)27(31)19-21-6-2-1-3-7-21/h1-4,6-8,10,12-15,18,25-26H,5,9,11,16-17,19H2,(H,32,33). The van der Waals surface area contributed by atoms with Crippen molar-refractivity contribution in [1.29, 1.82) is 0 Å². The first-order chi connectivity index (χ1) is 16.0. The molecule has 0 aromatic heterocycles. The van der Waals surface area contributed by atoms with Crippen LogP contribution in [0.5, 0.6) is 0 Å². The van der Waals surface area contributed by atoms with Crippen LogP contribution in [0.15, 0.2) is 78.9 Å². The maximum Gasteiger partial charge on any atom is 0.335 e. The summed E-state index contributed by atoms with van der Waals surface area (Å²) in [7, 11) is 0. The Labute approximate surface area is 199 Å². The highest BCUT2D eigenvalue weighted by molar-refractivity contribution is 6.21. The fourth-order valence-electron chi connectivity index (χ4n) is 4.57. The Balaban J connectivity index is 1.37. The van der Waals surface area contributed by atoms with Crippen molar-refractivity contribution >= 4 is 29.0 Å². The van der Waals surface area contributed by atoms with Gasteiger partial charge in [-0.05, 0) is 73.2 Å². The van der Waals surface area contributed by atoms with E-state index in [2.05, 4.69) is 4.90 Å². The Hall–Kier alpha value is -3.11. The summed E-state index contributed by atoms with van der Waals surface area (Å²) in [6, 6.07) is 25.0. The van der Waals surface area contributed by atoms with Gasteiger partial charge >= 0.3 is 5.97 Å². The fourth-order valence-corrected chi connectivity index (χ4v) is 4.93. The summed E-state index contributed by atoms with van der Waals surface area (Å²) in [5, 5.41) is 9.26. The van der Waals surface area contributed by atoms with Gasteiger partial charge in [0.2, 0.25) is 0 Å². The third kappa shape index (κ3) is 5.82. The van der Waals surface area contributed by atoms with E-state index in [1.165, 1.54) is 0 Å². The van der Waals surface area contributed by atoms with Crippen LogP contribution < -0.4 is 4.90 Å². The van der Waals surface area contributed by atoms with E-state index in [0.29, 0.717) is 12.0 Å². The molecule has 4 nitrogen and oxygen atoms in total. The van der Waals surface area contributed by atoms with Crippen LogP contribution in [-0.2, 0) is 12.8 Å². The molecule has 1 saturated heterocycles. The van der Waals surface area contributed by atoms with Crippen LogP contribution >= 0.6 is 11.6 Å². The first kappa shape index (κ1) is 23.1. The zero-order valence-corrected chi connectivity index (χ0v) is 19.2. The van der Waals surface area contributed by atoms with Gasteiger partial charge in [0.05, 0.1) is 10.9 Å². The van der Waals surface area contributed by atoms with Crippen LogP contribution in [0, 0.1) is 0 Å². The number of alkyl halides is 1. The maximum absolute atomic E-state index is 12.6. The lowest BCUT2D eigenvalue weighted by Crippen LogP contribution is -2.33. The number of rotatable bonds is 9. The van der Waals surface area contributed by atoms with Crippen molar-refractivity contribution in [1.82, 2.24) is 0 Å². The number of carboxylic acids is 1. The van der Waals surface area contributed by atoms with E-state index < -0.39 is 5.97 Å². The van der Waals surface area contributed by atoms with Crippen molar-refractivity contribution in [3.8, 4) is 0 Å². The second-order valence-corrected chi connectivity index (χ2v) is 9.16. The number of carboxylic acid groups (broad SMARTS) is 1. The first-order valence-electron chi connectivity index (χ1n) is 11.4. The maximum atomic E-state index is 12.6. The summed E-state index contributed by atoms with van der Waals surface area (Å²) in [6.07, 6.45) is 4.01. The zero-order chi connectivity index (χ0) is 23.2. The number of nitrogens with zero attached hydrogens (tertiary/aromatic N) is 1. The number of Topliss-reactive ketones (excluding diaryl/α,β-unsaturated/α-hetero) is 1. The second kappa shape index (κ2) is 10.7. The average Bonchev–Trinajstić information content (AvgIpc) is 3.20. The number of ketones is 1. The van der Waals surface area contributed by atoms with Crippen molar-refractivity contribution in [2.75, 3.05) is 11.4 Å². The van der Waals surface area contributed by atoms with Gasteiger partial charge < -0.3 is 10.0 Å². The van der Waals surface area contributed by atoms with E-state index >= 15 is 0 Å². The molecule has 0 amide bonds. The van der Waals surface area contributed by atoms with Gasteiger partial charge in [-0.2, -0.15) is 0 Å². The van der Waals surface area contributed by atoms with Crippen molar-refractivity contribution < 1.29 is 14.7 Å². The third-order valence-corrected chi connectivity index (χ3v) is 6.84. The summed E-state index contributed by atoms with van der Waals surface area (Å²) in [5.74, 6) is -0.783.